The number of benzene rings is 1. The lowest BCUT2D eigenvalue weighted by Gasteiger charge is -2.21. The lowest BCUT2D eigenvalue weighted by molar-refractivity contribution is 0.203. The van der Waals surface area contributed by atoms with Crippen molar-refractivity contribution in [3.05, 3.63) is 58.0 Å². The molecule has 1 N–H and O–H groups in total. The highest BCUT2D eigenvalue weighted by Crippen LogP contribution is 2.22. The van der Waals surface area contributed by atoms with Crippen LogP contribution in [0, 0.1) is 13.8 Å². The molecule has 1 aromatic carbocycles. The first-order chi connectivity index (χ1) is 10.4. The van der Waals surface area contributed by atoms with E-state index in [9.17, 15) is 4.79 Å². The van der Waals surface area contributed by atoms with Gasteiger partial charge in [0.15, 0.2) is 0 Å². The van der Waals surface area contributed by atoms with Crippen LogP contribution in [0.3, 0.4) is 0 Å². The summed E-state index contributed by atoms with van der Waals surface area (Å²) in [7, 11) is 1.75. The van der Waals surface area contributed by atoms with Gasteiger partial charge in [0.2, 0.25) is 0 Å². The van der Waals surface area contributed by atoms with E-state index in [0.717, 1.165) is 22.6 Å². The number of rotatable bonds is 4. The Balaban J connectivity index is 1.99. The topological polar surface area (TPSA) is 45.5 Å². The lowest BCUT2D eigenvalue weighted by atomic mass is 10.1. The van der Waals surface area contributed by atoms with Crippen LogP contribution < -0.4 is 5.32 Å². The summed E-state index contributed by atoms with van der Waals surface area (Å²) in [5.74, 6) is 1.68. The molecule has 2 aromatic rings. The van der Waals surface area contributed by atoms with Gasteiger partial charge in [-0.25, -0.2) is 4.79 Å². The van der Waals surface area contributed by atoms with E-state index in [0.29, 0.717) is 11.6 Å². The third-order valence-corrected chi connectivity index (χ3v) is 3.97. The van der Waals surface area contributed by atoms with Crippen molar-refractivity contribution in [1.29, 1.82) is 0 Å². The molecule has 118 valence electrons. The molecule has 5 heteroatoms. The summed E-state index contributed by atoms with van der Waals surface area (Å²) in [5, 5.41) is 3.64. The quantitative estimate of drug-likeness (QED) is 0.904. The molecule has 0 radical (unpaired) electrons. The van der Waals surface area contributed by atoms with Crippen LogP contribution in [0.5, 0.6) is 0 Å². The Morgan fingerprint density at radius 1 is 1.36 bits per heavy atom. The van der Waals surface area contributed by atoms with Gasteiger partial charge in [-0.2, -0.15) is 0 Å². The number of hydrogen-bond acceptors (Lipinski definition) is 2. The third kappa shape index (κ3) is 3.83. The van der Waals surface area contributed by atoms with E-state index in [2.05, 4.69) is 5.32 Å². The number of hydrogen-bond donors (Lipinski definition) is 1. The van der Waals surface area contributed by atoms with Crippen molar-refractivity contribution in [2.24, 2.45) is 0 Å². The number of furan rings is 1. The molecule has 0 aliphatic rings. The lowest BCUT2D eigenvalue weighted by Crippen LogP contribution is -2.38. The highest BCUT2D eigenvalue weighted by atomic mass is 35.5. The van der Waals surface area contributed by atoms with Crippen molar-refractivity contribution in [3.63, 3.8) is 0 Å². The van der Waals surface area contributed by atoms with E-state index < -0.39 is 0 Å². The first-order valence-electron chi connectivity index (χ1n) is 7.20. The zero-order valence-corrected chi connectivity index (χ0v) is 14.1. The molecule has 0 saturated heterocycles. The molecule has 1 heterocycles. The van der Waals surface area contributed by atoms with Crippen molar-refractivity contribution < 1.29 is 9.21 Å². The predicted molar refractivity (Wildman–Crippen MR) is 88.0 cm³/mol. The van der Waals surface area contributed by atoms with Gasteiger partial charge in [-0.1, -0.05) is 29.8 Å². The van der Waals surface area contributed by atoms with Gasteiger partial charge < -0.3 is 14.6 Å². The Labute approximate surface area is 136 Å². The summed E-state index contributed by atoms with van der Waals surface area (Å²) in [6.45, 7) is 6.20. The van der Waals surface area contributed by atoms with Gasteiger partial charge >= 0.3 is 6.03 Å². The minimum Gasteiger partial charge on any atom is -0.466 e. The number of aryl methyl sites for hydroxylation is 2. The van der Waals surface area contributed by atoms with Gasteiger partial charge in [-0.05, 0) is 38.5 Å². The first kappa shape index (κ1) is 16.4. The number of carbonyl (C=O) groups is 1. The Morgan fingerprint density at radius 2 is 2.05 bits per heavy atom. The van der Waals surface area contributed by atoms with Crippen LogP contribution in [0.15, 0.2) is 34.7 Å². The van der Waals surface area contributed by atoms with Gasteiger partial charge in [-0.15, -0.1) is 0 Å². The summed E-state index contributed by atoms with van der Waals surface area (Å²) in [4.78, 5) is 13.9. The number of nitrogens with zero attached hydrogens (tertiary/aromatic N) is 1. The van der Waals surface area contributed by atoms with Crippen molar-refractivity contribution in [2.75, 3.05) is 7.05 Å². The average Bonchev–Trinajstić information content (AvgIpc) is 2.80. The Morgan fingerprint density at radius 3 is 2.64 bits per heavy atom. The van der Waals surface area contributed by atoms with Gasteiger partial charge in [-0.3, -0.25) is 0 Å². The Hall–Kier alpha value is -1.94. The molecule has 2 rings (SSSR count). The van der Waals surface area contributed by atoms with Crippen LogP contribution in [0.1, 0.15) is 35.6 Å². The first-order valence-corrected chi connectivity index (χ1v) is 7.58. The van der Waals surface area contributed by atoms with E-state index in [1.54, 1.807) is 11.9 Å². The zero-order chi connectivity index (χ0) is 16.3. The van der Waals surface area contributed by atoms with Gasteiger partial charge in [0.25, 0.3) is 0 Å². The van der Waals surface area contributed by atoms with Gasteiger partial charge in [0.1, 0.15) is 11.5 Å². The number of carbonyl (C=O) groups excluding carboxylic acids is 1. The molecule has 1 atom stereocenters. The summed E-state index contributed by atoms with van der Waals surface area (Å²) in [6.07, 6.45) is 0. The fraction of sp³-hybridized carbons (Fsp3) is 0.353. The van der Waals surface area contributed by atoms with Crippen LogP contribution in [0.2, 0.25) is 5.02 Å². The predicted octanol–water partition coefficient (Wildman–Crippen LogP) is 4.45. The van der Waals surface area contributed by atoms with Crippen LogP contribution in [-0.4, -0.2) is 18.0 Å². The molecule has 0 spiro atoms. The Bertz CT molecular complexity index is 666. The summed E-state index contributed by atoms with van der Waals surface area (Å²) >= 11 is 6.13. The summed E-state index contributed by atoms with van der Waals surface area (Å²) < 4.78 is 5.51. The smallest absolute Gasteiger partial charge is 0.317 e. The van der Waals surface area contributed by atoms with Crippen LogP contribution >= 0.6 is 11.6 Å². The SMILES string of the molecule is Cc1cc(C(C)NC(=O)N(C)Cc2ccccc2Cl)c(C)o1. The summed E-state index contributed by atoms with van der Waals surface area (Å²) in [5.41, 5.74) is 1.92. The third-order valence-electron chi connectivity index (χ3n) is 3.60. The van der Waals surface area contributed by atoms with Crippen LogP contribution in [0.4, 0.5) is 4.79 Å². The molecule has 4 nitrogen and oxygen atoms in total. The fourth-order valence-electron chi connectivity index (χ4n) is 2.41. The summed E-state index contributed by atoms with van der Waals surface area (Å²) in [6, 6.07) is 9.21. The number of nitrogens with one attached hydrogen (secondary N) is 1. The zero-order valence-electron chi connectivity index (χ0n) is 13.3. The second kappa shape index (κ2) is 6.88. The second-order valence-corrected chi connectivity index (χ2v) is 5.89. The Kier molecular flexibility index (Phi) is 5.14. The van der Waals surface area contributed by atoms with Crippen molar-refractivity contribution in [2.45, 2.75) is 33.4 Å². The molecule has 0 bridgehead atoms. The molecule has 1 unspecified atom stereocenters. The van der Waals surface area contributed by atoms with E-state index in [1.807, 2.05) is 51.1 Å². The minimum absolute atomic E-state index is 0.112. The number of urea groups is 1. The van der Waals surface area contributed by atoms with Crippen molar-refractivity contribution in [1.82, 2.24) is 10.2 Å². The highest BCUT2D eigenvalue weighted by Gasteiger charge is 2.17. The van der Waals surface area contributed by atoms with Crippen LogP contribution in [0.25, 0.3) is 0 Å². The average molecular weight is 321 g/mol. The number of halogens is 1. The molecule has 2 amide bonds. The fourth-order valence-corrected chi connectivity index (χ4v) is 2.60. The second-order valence-electron chi connectivity index (χ2n) is 5.49. The molecular formula is C17H21ClN2O2. The molecule has 22 heavy (non-hydrogen) atoms. The normalized spacial score (nSPS) is 12.0. The monoisotopic (exact) mass is 320 g/mol. The molecule has 0 fully saturated rings. The van der Waals surface area contributed by atoms with Crippen molar-refractivity contribution >= 4 is 17.6 Å². The number of amides is 2. The molecule has 0 aliphatic carbocycles. The van der Waals surface area contributed by atoms with Gasteiger partial charge in [0.05, 0.1) is 6.04 Å². The van der Waals surface area contributed by atoms with E-state index in [1.165, 1.54) is 0 Å². The molecule has 1 aromatic heterocycles. The van der Waals surface area contributed by atoms with Gasteiger partial charge in [0, 0.05) is 24.2 Å². The standard InChI is InChI=1S/C17H21ClN2O2/c1-11-9-15(13(3)22-11)12(2)19-17(21)20(4)10-14-7-5-6-8-16(14)18/h5-9,12H,10H2,1-4H3,(H,19,21). The molecule has 0 aliphatic heterocycles. The van der Waals surface area contributed by atoms with Crippen molar-refractivity contribution in [3.8, 4) is 0 Å². The maximum Gasteiger partial charge on any atom is 0.317 e. The van der Waals surface area contributed by atoms with E-state index in [-0.39, 0.29) is 12.1 Å². The highest BCUT2D eigenvalue weighted by molar-refractivity contribution is 6.31. The van der Waals surface area contributed by atoms with E-state index in [4.69, 9.17) is 16.0 Å². The largest absolute Gasteiger partial charge is 0.466 e. The maximum absolute atomic E-state index is 12.3. The van der Waals surface area contributed by atoms with Crippen LogP contribution in [-0.2, 0) is 6.54 Å². The maximum atomic E-state index is 12.3. The molecular weight excluding hydrogens is 300 g/mol. The minimum atomic E-state index is -0.148. The van der Waals surface area contributed by atoms with E-state index >= 15 is 0 Å². The molecule has 0 saturated carbocycles.